The van der Waals surface area contributed by atoms with Gasteiger partial charge in [-0.25, -0.2) is 5.43 Å². The second-order valence-corrected chi connectivity index (χ2v) is 4.82. The fourth-order valence-electron chi connectivity index (χ4n) is 1.77. The monoisotopic (exact) mass is 294 g/mol. The zero-order valence-electron chi connectivity index (χ0n) is 9.61. The van der Waals surface area contributed by atoms with Crippen LogP contribution >= 0.6 is 15.9 Å². The summed E-state index contributed by atoms with van der Waals surface area (Å²) in [5.41, 5.74) is 3.99. The summed E-state index contributed by atoms with van der Waals surface area (Å²) < 4.78 is 6.68. The molecule has 0 saturated heterocycles. The zero-order chi connectivity index (χ0) is 12.3. The fourth-order valence-corrected chi connectivity index (χ4v) is 2.21. The van der Waals surface area contributed by atoms with E-state index in [1.54, 1.807) is 0 Å². The van der Waals surface area contributed by atoms with Crippen LogP contribution in [0, 0.1) is 6.92 Å². The maximum Gasteiger partial charge on any atom is 0.122 e. The first kappa shape index (κ1) is 12.4. The van der Waals surface area contributed by atoms with Crippen LogP contribution in [0.3, 0.4) is 0 Å². The molecule has 0 saturated carbocycles. The maximum absolute atomic E-state index is 5.59. The Balaban J connectivity index is 2.18. The first-order chi connectivity index (χ1) is 8.20. The lowest BCUT2D eigenvalue weighted by molar-refractivity contribution is 0.403. The molecule has 0 radical (unpaired) electrons. The number of nitrogens with two attached hydrogens (primary N) is 1. The van der Waals surface area contributed by atoms with E-state index in [4.69, 9.17) is 10.3 Å². The van der Waals surface area contributed by atoms with Crippen LogP contribution in [-0.2, 0) is 6.42 Å². The van der Waals surface area contributed by atoms with Crippen LogP contribution in [0.15, 0.2) is 45.3 Å². The number of aryl methyl sites for hydroxylation is 1. The number of benzene rings is 1. The number of hydrazine groups is 1. The molecule has 1 unspecified atom stereocenters. The van der Waals surface area contributed by atoms with E-state index in [-0.39, 0.29) is 6.04 Å². The van der Waals surface area contributed by atoms with Gasteiger partial charge < -0.3 is 4.42 Å². The van der Waals surface area contributed by atoms with E-state index in [9.17, 15) is 0 Å². The lowest BCUT2D eigenvalue weighted by Gasteiger charge is -2.14. The lowest BCUT2D eigenvalue weighted by atomic mass is 10.0. The molecule has 4 heteroatoms. The third-order valence-corrected chi connectivity index (χ3v) is 3.46. The molecule has 2 rings (SSSR count). The summed E-state index contributed by atoms with van der Waals surface area (Å²) in [6.45, 7) is 1.93. The molecule has 0 fully saturated rings. The Hall–Kier alpha value is -1.10. The Morgan fingerprint density at radius 3 is 2.65 bits per heavy atom. The Morgan fingerprint density at radius 1 is 1.29 bits per heavy atom. The molecule has 0 aliphatic rings. The van der Waals surface area contributed by atoms with Crippen molar-refractivity contribution < 1.29 is 4.42 Å². The van der Waals surface area contributed by atoms with E-state index in [0.29, 0.717) is 0 Å². The molecule has 3 N–H and O–H groups in total. The normalized spacial score (nSPS) is 12.6. The Morgan fingerprint density at radius 2 is 2.06 bits per heavy atom. The molecule has 0 spiro atoms. The summed E-state index contributed by atoms with van der Waals surface area (Å²) in [4.78, 5) is 0. The largest absolute Gasteiger partial charge is 0.465 e. The summed E-state index contributed by atoms with van der Waals surface area (Å²) in [6.07, 6.45) is 0.783. The molecule has 1 heterocycles. The van der Waals surface area contributed by atoms with E-state index in [1.165, 1.54) is 5.56 Å². The highest BCUT2D eigenvalue weighted by atomic mass is 79.9. The minimum absolute atomic E-state index is 0.0117. The topological polar surface area (TPSA) is 51.2 Å². The predicted octanol–water partition coefficient (Wildman–Crippen LogP) is 3.10. The van der Waals surface area contributed by atoms with Gasteiger partial charge in [-0.3, -0.25) is 5.84 Å². The molecule has 90 valence electrons. The number of hydrogen-bond acceptors (Lipinski definition) is 3. The summed E-state index contributed by atoms with van der Waals surface area (Å²) >= 11 is 3.53. The van der Waals surface area contributed by atoms with Gasteiger partial charge in [-0.05, 0) is 37.1 Å². The van der Waals surface area contributed by atoms with Gasteiger partial charge >= 0.3 is 0 Å². The van der Waals surface area contributed by atoms with Gasteiger partial charge in [0.05, 0.1) is 6.04 Å². The van der Waals surface area contributed by atoms with Crippen LogP contribution in [0.1, 0.15) is 23.1 Å². The third-order valence-electron chi connectivity index (χ3n) is 2.69. The van der Waals surface area contributed by atoms with Crippen molar-refractivity contribution in [3.8, 4) is 0 Å². The first-order valence-corrected chi connectivity index (χ1v) is 6.26. The van der Waals surface area contributed by atoms with Crippen molar-refractivity contribution in [2.75, 3.05) is 0 Å². The Labute approximate surface area is 109 Å². The highest BCUT2D eigenvalue weighted by molar-refractivity contribution is 9.10. The molecule has 0 aliphatic carbocycles. The van der Waals surface area contributed by atoms with Crippen molar-refractivity contribution in [3.05, 3.63) is 58.0 Å². The van der Waals surface area contributed by atoms with E-state index in [0.717, 1.165) is 22.4 Å². The second kappa shape index (κ2) is 5.49. The summed E-state index contributed by atoms with van der Waals surface area (Å²) in [5, 5.41) is 0. The molecule has 0 bridgehead atoms. The van der Waals surface area contributed by atoms with Crippen LogP contribution in [0.25, 0.3) is 0 Å². The molecule has 1 atom stereocenters. The minimum Gasteiger partial charge on any atom is -0.465 e. The third kappa shape index (κ3) is 2.97. The first-order valence-electron chi connectivity index (χ1n) is 5.46. The number of nitrogens with one attached hydrogen (secondary N) is 1. The molecular weight excluding hydrogens is 280 g/mol. The number of rotatable bonds is 4. The molecule has 2 aromatic rings. The number of hydrogen-bond donors (Lipinski definition) is 2. The standard InChI is InChI=1S/C13H15BrN2O/c1-9-6-7-13(17-9)12(16-15)8-10-4-2-3-5-11(10)14/h2-7,12,16H,8,15H2,1H3. The van der Waals surface area contributed by atoms with Crippen LogP contribution < -0.4 is 11.3 Å². The fraction of sp³-hybridized carbons (Fsp3) is 0.231. The van der Waals surface area contributed by atoms with Gasteiger partial charge in [0.25, 0.3) is 0 Å². The zero-order valence-corrected chi connectivity index (χ0v) is 11.2. The van der Waals surface area contributed by atoms with Crippen molar-refractivity contribution in [1.29, 1.82) is 0 Å². The minimum atomic E-state index is -0.0117. The van der Waals surface area contributed by atoms with Gasteiger partial charge in [0.2, 0.25) is 0 Å². The predicted molar refractivity (Wildman–Crippen MR) is 71.4 cm³/mol. The van der Waals surface area contributed by atoms with Crippen molar-refractivity contribution in [2.24, 2.45) is 5.84 Å². The van der Waals surface area contributed by atoms with E-state index < -0.39 is 0 Å². The highest BCUT2D eigenvalue weighted by Crippen LogP contribution is 2.24. The summed E-state index contributed by atoms with van der Waals surface area (Å²) in [6, 6.07) is 12.0. The van der Waals surface area contributed by atoms with Crippen molar-refractivity contribution in [3.63, 3.8) is 0 Å². The SMILES string of the molecule is Cc1ccc(C(Cc2ccccc2Br)NN)o1. The van der Waals surface area contributed by atoms with Gasteiger partial charge in [-0.2, -0.15) is 0 Å². The van der Waals surface area contributed by atoms with Crippen LogP contribution in [-0.4, -0.2) is 0 Å². The van der Waals surface area contributed by atoms with Gasteiger partial charge in [0.15, 0.2) is 0 Å². The summed E-state index contributed by atoms with van der Waals surface area (Å²) in [5.74, 6) is 7.34. The van der Waals surface area contributed by atoms with Gasteiger partial charge in [0.1, 0.15) is 11.5 Å². The van der Waals surface area contributed by atoms with E-state index in [1.807, 2.05) is 37.3 Å². The van der Waals surface area contributed by atoms with Gasteiger partial charge in [-0.1, -0.05) is 34.1 Å². The number of furan rings is 1. The quantitative estimate of drug-likeness (QED) is 0.673. The van der Waals surface area contributed by atoms with Gasteiger partial charge in [0, 0.05) is 4.47 Å². The highest BCUT2D eigenvalue weighted by Gasteiger charge is 2.15. The molecular formula is C13H15BrN2O. The molecule has 3 nitrogen and oxygen atoms in total. The Kier molecular flexibility index (Phi) is 3.99. The Bertz CT molecular complexity index is 496. The lowest BCUT2D eigenvalue weighted by Crippen LogP contribution is -2.29. The average Bonchev–Trinajstić information content (AvgIpc) is 2.75. The number of halogens is 1. The second-order valence-electron chi connectivity index (χ2n) is 3.96. The smallest absolute Gasteiger partial charge is 0.122 e. The molecule has 0 amide bonds. The molecule has 1 aromatic carbocycles. The van der Waals surface area contributed by atoms with Crippen LogP contribution in [0.4, 0.5) is 0 Å². The van der Waals surface area contributed by atoms with Crippen molar-refractivity contribution >= 4 is 15.9 Å². The van der Waals surface area contributed by atoms with Crippen molar-refractivity contribution in [2.45, 2.75) is 19.4 Å². The maximum atomic E-state index is 5.59. The molecule has 17 heavy (non-hydrogen) atoms. The molecule has 0 aliphatic heterocycles. The van der Waals surface area contributed by atoms with Crippen molar-refractivity contribution in [1.82, 2.24) is 5.43 Å². The summed E-state index contributed by atoms with van der Waals surface area (Å²) in [7, 11) is 0. The van der Waals surface area contributed by atoms with Crippen LogP contribution in [0.2, 0.25) is 0 Å². The average molecular weight is 295 g/mol. The van der Waals surface area contributed by atoms with E-state index >= 15 is 0 Å². The van der Waals surface area contributed by atoms with Crippen LogP contribution in [0.5, 0.6) is 0 Å². The van der Waals surface area contributed by atoms with Gasteiger partial charge in [-0.15, -0.1) is 0 Å². The van der Waals surface area contributed by atoms with E-state index in [2.05, 4.69) is 27.4 Å². The molecule has 1 aromatic heterocycles.